The Labute approximate surface area is 126 Å². The van der Waals surface area contributed by atoms with Crippen LogP contribution in [-0.4, -0.2) is 26.0 Å². The van der Waals surface area contributed by atoms with Gasteiger partial charge in [-0.3, -0.25) is 4.68 Å². The van der Waals surface area contributed by atoms with Gasteiger partial charge in [-0.25, -0.2) is 13.8 Å². The van der Waals surface area contributed by atoms with Crippen LogP contribution in [0.3, 0.4) is 0 Å². The van der Waals surface area contributed by atoms with E-state index in [1.807, 2.05) is 0 Å². The lowest BCUT2D eigenvalue weighted by molar-refractivity contribution is -0.00133. The fourth-order valence-electron chi connectivity index (χ4n) is 2.69. The molecule has 4 nitrogen and oxygen atoms in total. The summed E-state index contributed by atoms with van der Waals surface area (Å²) in [7, 11) is 0. The Kier molecular flexibility index (Phi) is 3.85. The Balaban J connectivity index is 1.99. The predicted octanol–water partition coefficient (Wildman–Crippen LogP) is 2.60. The lowest BCUT2D eigenvalue weighted by Crippen LogP contribution is -2.41. The number of rotatable bonds is 4. The largest absolute Gasteiger partial charge is 0.387 e. The summed E-state index contributed by atoms with van der Waals surface area (Å²) < 4.78 is 29.2. The molecule has 3 rings (SSSR count). The number of aliphatic hydroxyl groups is 1. The molecule has 1 heterocycles. The molecule has 1 N–H and O–H groups in total. The molecule has 0 fully saturated rings. The van der Waals surface area contributed by atoms with Gasteiger partial charge in [-0.2, -0.15) is 5.10 Å². The normalized spacial score (nSPS) is 25.3. The summed E-state index contributed by atoms with van der Waals surface area (Å²) in [5.41, 5.74) is -0.774. The zero-order valence-corrected chi connectivity index (χ0v) is 11.7. The average Bonchev–Trinajstić information content (AvgIpc) is 3.02. The van der Waals surface area contributed by atoms with Crippen molar-refractivity contribution in [1.82, 2.24) is 14.8 Å². The van der Waals surface area contributed by atoms with Gasteiger partial charge in [0.25, 0.3) is 0 Å². The molecule has 2 aromatic rings. The Morgan fingerprint density at radius 3 is 2.68 bits per heavy atom. The maximum Gasteiger partial charge on any atom is 0.137 e. The number of benzene rings is 1. The molecule has 3 unspecified atom stereocenters. The number of nitrogens with zero attached hydrogens (tertiary/aromatic N) is 3. The van der Waals surface area contributed by atoms with Crippen LogP contribution in [0, 0.1) is 11.2 Å². The van der Waals surface area contributed by atoms with Crippen molar-refractivity contribution >= 4 is 0 Å². The summed E-state index contributed by atoms with van der Waals surface area (Å²) in [5, 5.41) is 14.7. The summed E-state index contributed by atoms with van der Waals surface area (Å²) in [4.78, 5) is 3.84. The number of alkyl halides is 1. The molecule has 3 atom stereocenters. The van der Waals surface area contributed by atoms with Gasteiger partial charge < -0.3 is 5.11 Å². The number of aliphatic hydroxyl groups excluding tert-OH is 1. The first-order valence-corrected chi connectivity index (χ1v) is 6.88. The monoisotopic (exact) mass is 303 g/mol. The fraction of sp³-hybridized carbons (Fsp3) is 0.250. The standard InChI is InChI=1S/C16H15F2N3O/c17-13-6-4-12(5-7-13)15(22)16(8-2-1-3-14(16)18)9-21-11-19-10-20-21/h1-8,10-11,14-15,22H,9H2. The molecule has 0 aliphatic heterocycles. The summed E-state index contributed by atoms with van der Waals surface area (Å²) in [6.45, 7) is 0.119. The van der Waals surface area contributed by atoms with Gasteiger partial charge in [0, 0.05) is 0 Å². The summed E-state index contributed by atoms with van der Waals surface area (Å²) in [6.07, 6.45) is 6.60. The van der Waals surface area contributed by atoms with Gasteiger partial charge in [-0.15, -0.1) is 0 Å². The fourth-order valence-corrected chi connectivity index (χ4v) is 2.69. The number of aromatic nitrogens is 3. The van der Waals surface area contributed by atoms with Crippen molar-refractivity contribution < 1.29 is 13.9 Å². The molecular weight excluding hydrogens is 288 g/mol. The summed E-state index contributed by atoms with van der Waals surface area (Å²) in [6, 6.07) is 5.42. The first kappa shape index (κ1) is 14.6. The van der Waals surface area contributed by atoms with Crippen LogP contribution in [0.2, 0.25) is 0 Å². The molecule has 1 aromatic heterocycles. The maximum atomic E-state index is 14.7. The average molecular weight is 303 g/mol. The molecule has 0 spiro atoms. The second-order valence-electron chi connectivity index (χ2n) is 5.31. The number of hydrogen-bond acceptors (Lipinski definition) is 3. The number of hydrogen-bond donors (Lipinski definition) is 1. The molecule has 0 amide bonds. The van der Waals surface area contributed by atoms with Crippen molar-refractivity contribution in [3.05, 3.63) is 72.6 Å². The van der Waals surface area contributed by atoms with E-state index >= 15 is 0 Å². The van der Waals surface area contributed by atoms with Crippen LogP contribution >= 0.6 is 0 Å². The first-order chi connectivity index (χ1) is 10.6. The molecule has 6 heteroatoms. The SMILES string of the molecule is OC(c1ccc(F)cc1)C1(Cn2cncn2)C=CC=CC1F. The Hall–Kier alpha value is -2.34. The van der Waals surface area contributed by atoms with Crippen LogP contribution in [-0.2, 0) is 6.54 Å². The lowest BCUT2D eigenvalue weighted by atomic mass is 9.72. The van der Waals surface area contributed by atoms with E-state index in [9.17, 15) is 13.9 Å². The molecule has 1 aliphatic rings. The highest BCUT2D eigenvalue weighted by Crippen LogP contribution is 2.43. The highest BCUT2D eigenvalue weighted by atomic mass is 19.1. The lowest BCUT2D eigenvalue weighted by Gasteiger charge is -2.38. The molecule has 114 valence electrons. The minimum atomic E-state index is -1.40. The van der Waals surface area contributed by atoms with E-state index in [0.29, 0.717) is 5.56 Å². The van der Waals surface area contributed by atoms with Crippen molar-refractivity contribution in [1.29, 1.82) is 0 Å². The number of halogens is 2. The zero-order valence-electron chi connectivity index (χ0n) is 11.7. The van der Waals surface area contributed by atoms with Gasteiger partial charge in [-0.05, 0) is 23.8 Å². The van der Waals surface area contributed by atoms with Gasteiger partial charge in [0.2, 0.25) is 0 Å². The van der Waals surface area contributed by atoms with Crippen LogP contribution < -0.4 is 0 Å². The van der Waals surface area contributed by atoms with E-state index in [-0.39, 0.29) is 6.54 Å². The van der Waals surface area contributed by atoms with Crippen LogP contribution in [0.1, 0.15) is 11.7 Å². The Morgan fingerprint density at radius 2 is 2.05 bits per heavy atom. The highest BCUT2D eigenvalue weighted by Gasteiger charge is 2.45. The Morgan fingerprint density at radius 1 is 1.27 bits per heavy atom. The molecule has 0 radical (unpaired) electrons. The summed E-state index contributed by atoms with van der Waals surface area (Å²) >= 11 is 0. The van der Waals surface area contributed by atoms with Crippen molar-refractivity contribution in [2.75, 3.05) is 0 Å². The topological polar surface area (TPSA) is 50.9 Å². The van der Waals surface area contributed by atoms with Crippen LogP contribution in [0.5, 0.6) is 0 Å². The third-order valence-corrected chi connectivity index (χ3v) is 3.91. The van der Waals surface area contributed by atoms with E-state index < -0.39 is 23.5 Å². The van der Waals surface area contributed by atoms with Crippen LogP contribution in [0.15, 0.2) is 61.2 Å². The molecule has 22 heavy (non-hydrogen) atoms. The minimum absolute atomic E-state index is 0.119. The minimum Gasteiger partial charge on any atom is -0.387 e. The molecule has 0 bridgehead atoms. The van der Waals surface area contributed by atoms with Crippen molar-refractivity contribution in [3.8, 4) is 0 Å². The third kappa shape index (κ3) is 2.57. The van der Waals surface area contributed by atoms with Crippen molar-refractivity contribution in [2.24, 2.45) is 5.41 Å². The van der Waals surface area contributed by atoms with Crippen molar-refractivity contribution in [3.63, 3.8) is 0 Å². The van der Waals surface area contributed by atoms with E-state index in [1.165, 1.54) is 47.7 Å². The van der Waals surface area contributed by atoms with E-state index in [1.54, 1.807) is 18.2 Å². The third-order valence-electron chi connectivity index (χ3n) is 3.91. The van der Waals surface area contributed by atoms with Gasteiger partial charge in [-0.1, -0.05) is 30.4 Å². The van der Waals surface area contributed by atoms with Crippen LogP contribution in [0.25, 0.3) is 0 Å². The quantitative estimate of drug-likeness (QED) is 0.944. The van der Waals surface area contributed by atoms with Crippen LogP contribution in [0.4, 0.5) is 8.78 Å². The molecule has 0 saturated carbocycles. The van der Waals surface area contributed by atoms with Gasteiger partial charge in [0.05, 0.1) is 18.1 Å². The van der Waals surface area contributed by atoms with E-state index in [4.69, 9.17) is 0 Å². The second-order valence-corrected chi connectivity index (χ2v) is 5.31. The van der Waals surface area contributed by atoms with E-state index in [2.05, 4.69) is 10.1 Å². The smallest absolute Gasteiger partial charge is 0.137 e. The molecule has 0 saturated heterocycles. The maximum absolute atomic E-state index is 14.7. The van der Waals surface area contributed by atoms with Gasteiger partial charge in [0.15, 0.2) is 0 Å². The molecular formula is C16H15F2N3O. The second kappa shape index (κ2) is 5.81. The zero-order chi connectivity index (χ0) is 15.6. The number of allylic oxidation sites excluding steroid dienone is 3. The Bertz CT molecular complexity index is 682. The van der Waals surface area contributed by atoms with Gasteiger partial charge >= 0.3 is 0 Å². The first-order valence-electron chi connectivity index (χ1n) is 6.88. The molecule has 1 aliphatic carbocycles. The summed E-state index contributed by atoms with van der Waals surface area (Å²) in [5.74, 6) is -0.405. The molecule has 1 aromatic carbocycles. The van der Waals surface area contributed by atoms with E-state index in [0.717, 1.165) is 0 Å². The van der Waals surface area contributed by atoms with Crippen molar-refractivity contribution in [2.45, 2.75) is 18.8 Å². The predicted molar refractivity (Wildman–Crippen MR) is 77.0 cm³/mol. The highest BCUT2D eigenvalue weighted by molar-refractivity contribution is 5.29. The van der Waals surface area contributed by atoms with Gasteiger partial charge in [0.1, 0.15) is 24.6 Å².